The molecular formula is C23H19IN2O3. The van der Waals surface area contributed by atoms with Gasteiger partial charge in [0.2, 0.25) is 5.89 Å². The first kappa shape index (κ1) is 19.4. The van der Waals surface area contributed by atoms with Crippen LogP contribution in [0.1, 0.15) is 21.5 Å². The fourth-order valence-electron chi connectivity index (χ4n) is 3.07. The first-order chi connectivity index (χ1) is 13.9. The van der Waals surface area contributed by atoms with Gasteiger partial charge in [-0.25, -0.2) is 4.98 Å². The van der Waals surface area contributed by atoms with Crippen LogP contribution in [0.4, 0.5) is 5.69 Å². The first-order valence-electron chi connectivity index (χ1n) is 9.08. The minimum atomic E-state index is -0.206. The van der Waals surface area contributed by atoms with Crippen LogP contribution in [0.15, 0.2) is 59.0 Å². The number of nitrogens with one attached hydrogen (secondary N) is 1. The van der Waals surface area contributed by atoms with Crippen molar-refractivity contribution in [3.63, 3.8) is 0 Å². The van der Waals surface area contributed by atoms with Gasteiger partial charge in [0.1, 0.15) is 11.3 Å². The number of fused-ring (bicyclic) bond motifs is 1. The Kier molecular flexibility index (Phi) is 5.27. The number of aryl methyl sites for hydroxylation is 2. The molecule has 6 heteroatoms. The maximum atomic E-state index is 12.7. The monoisotopic (exact) mass is 498 g/mol. The summed E-state index contributed by atoms with van der Waals surface area (Å²) in [5.74, 6) is 0.857. The van der Waals surface area contributed by atoms with E-state index in [1.165, 1.54) is 0 Å². The average Bonchev–Trinajstić information content (AvgIpc) is 3.11. The van der Waals surface area contributed by atoms with E-state index in [0.29, 0.717) is 22.9 Å². The molecule has 5 nitrogen and oxygen atoms in total. The van der Waals surface area contributed by atoms with E-state index >= 15 is 0 Å². The number of halogens is 1. The molecule has 0 aliphatic carbocycles. The highest BCUT2D eigenvalue weighted by atomic mass is 127. The normalized spacial score (nSPS) is 10.9. The van der Waals surface area contributed by atoms with Gasteiger partial charge in [0.25, 0.3) is 5.91 Å². The van der Waals surface area contributed by atoms with Gasteiger partial charge in [0.15, 0.2) is 5.58 Å². The van der Waals surface area contributed by atoms with Crippen molar-refractivity contribution in [3.05, 3.63) is 74.9 Å². The zero-order chi connectivity index (χ0) is 20.5. The van der Waals surface area contributed by atoms with Crippen LogP contribution in [0.2, 0.25) is 0 Å². The Morgan fingerprint density at radius 3 is 2.62 bits per heavy atom. The first-order valence-corrected chi connectivity index (χ1v) is 10.2. The molecule has 0 aliphatic heterocycles. The summed E-state index contributed by atoms with van der Waals surface area (Å²) in [6, 6.07) is 16.9. The Morgan fingerprint density at radius 2 is 1.86 bits per heavy atom. The van der Waals surface area contributed by atoms with Crippen LogP contribution in [0, 0.1) is 17.4 Å². The highest BCUT2D eigenvalue weighted by Gasteiger charge is 2.15. The summed E-state index contributed by atoms with van der Waals surface area (Å²) in [6.07, 6.45) is 0. The second kappa shape index (κ2) is 7.87. The molecule has 1 aromatic heterocycles. The van der Waals surface area contributed by atoms with Crippen LogP contribution in [0.3, 0.4) is 0 Å². The van der Waals surface area contributed by atoms with Gasteiger partial charge in [0.05, 0.1) is 12.8 Å². The quantitative estimate of drug-likeness (QED) is 0.352. The third kappa shape index (κ3) is 3.98. The van der Waals surface area contributed by atoms with E-state index in [1.54, 1.807) is 19.2 Å². The van der Waals surface area contributed by atoms with Gasteiger partial charge in [-0.2, -0.15) is 0 Å². The molecule has 0 spiro atoms. The maximum Gasteiger partial charge on any atom is 0.255 e. The molecule has 0 saturated heterocycles. The number of hydrogen-bond acceptors (Lipinski definition) is 4. The minimum absolute atomic E-state index is 0.206. The van der Waals surface area contributed by atoms with Crippen molar-refractivity contribution in [2.24, 2.45) is 0 Å². The molecule has 1 N–H and O–H groups in total. The fourth-order valence-corrected chi connectivity index (χ4v) is 3.61. The van der Waals surface area contributed by atoms with E-state index in [2.05, 4.69) is 39.8 Å². The second-order valence-electron chi connectivity index (χ2n) is 6.80. The molecule has 4 aromatic rings. The third-order valence-electron chi connectivity index (χ3n) is 4.79. The molecule has 29 heavy (non-hydrogen) atoms. The molecule has 4 rings (SSSR count). The standard InChI is InChI=1S/C23H19IN2O3/c1-13-9-18-21(10-14(13)2)29-23(26-18)16-7-8-20(28-3)19(12-16)25-22(27)15-5-4-6-17(24)11-15/h4-12H,1-3H3,(H,25,27). The summed E-state index contributed by atoms with van der Waals surface area (Å²) >= 11 is 2.18. The Balaban J connectivity index is 1.71. The molecule has 0 atom stereocenters. The summed E-state index contributed by atoms with van der Waals surface area (Å²) in [4.78, 5) is 17.3. The lowest BCUT2D eigenvalue weighted by Crippen LogP contribution is -2.12. The molecule has 3 aromatic carbocycles. The number of rotatable bonds is 4. The summed E-state index contributed by atoms with van der Waals surface area (Å²) in [7, 11) is 1.57. The third-order valence-corrected chi connectivity index (χ3v) is 5.46. The van der Waals surface area contributed by atoms with Crippen molar-refractivity contribution in [3.8, 4) is 17.2 Å². The van der Waals surface area contributed by atoms with Gasteiger partial charge in [-0.3, -0.25) is 4.79 Å². The van der Waals surface area contributed by atoms with E-state index in [1.807, 2.05) is 49.4 Å². The predicted octanol–water partition coefficient (Wildman–Crippen LogP) is 5.98. The number of amides is 1. The average molecular weight is 498 g/mol. The summed E-state index contributed by atoms with van der Waals surface area (Å²) < 4.78 is 12.4. The molecule has 0 radical (unpaired) electrons. The Hall–Kier alpha value is -2.87. The number of ether oxygens (including phenoxy) is 1. The highest BCUT2D eigenvalue weighted by molar-refractivity contribution is 14.1. The summed E-state index contributed by atoms with van der Waals surface area (Å²) in [5.41, 5.74) is 5.76. The molecule has 1 amide bonds. The number of carbonyl (C=O) groups is 1. The van der Waals surface area contributed by atoms with Crippen LogP contribution in [0.5, 0.6) is 5.75 Å². The lowest BCUT2D eigenvalue weighted by molar-refractivity contribution is 0.102. The topological polar surface area (TPSA) is 64.4 Å². The van der Waals surface area contributed by atoms with Crippen LogP contribution in [-0.4, -0.2) is 18.0 Å². The van der Waals surface area contributed by atoms with Gasteiger partial charge in [-0.1, -0.05) is 6.07 Å². The zero-order valence-electron chi connectivity index (χ0n) is 16.2. The number of carbonyl (C=O) groups excluding carboxylic acids is 1. The van der Waals surface area contributed by atoms with E-state index in [-0.39, 0.29) is 5.91 Å². The highest BCUT2D eigenvalue weighted by Crippen LogP contribution is 2.32. The number of oxazole rings is 1. The van der Waals surface area contributed by atoms with Gasteiger partial charge < -0.3 is 14.5 Å². The fraction of sp³-hybridized carbons (Fsp3) is 0.130. The van der Waals surface area contributed by atoms with Crippen molar-refractivity contribution in [1.29, 1.82) is 0 Å². The molecule has 1 heterocycles. The Bertz CT molecular complexity index is 1190. The second-order valence-corrected chi connectivity index (χ2v) is 8.05. The van der Waals surface area contributed by atoms with Crippen molar-refractivity contribution in [2.75, 3.05) is 12.4 Å². The summed E-state index contributed by atoms with van der Waals surface area (Å²) in [5, 5.41) is 2.93. The van der Waals surface area contributed by atoms with E-state index < -0.39 is 0 Å². The number of methoxy groups -OCH3 is 1. The van der Waals surface area contributed by atoms with Crippen molar-refractivity contribution in [2.45, 2.75) is 13.8 Å². The van der Waals surface area contributed by atoms with E-state index in [4.69, 9.17) is 9.15 Å². The smallest absolute Gasteiger partial charge is 0.255 e. The maximum absolute atomic E-state index is 12.7. The Labute approximate surface area is 182 Å². The van der Waals surface area contributed by atoms with Crippen molar-refractivity contribution in [1.82, 2.24) is 4.98 Å². The molecule has 0 aliphatic rings. The molecular weight excluding hydrogens is 479 g/mol. The number of anilines is 1. The zero-order valence-corrected chi connectivity index (χ0v) is 18.4. The SMILES string of the molecule is COc1ccc(-c2nc3cc(C)c(C)cc3o2)cc1NC(=O)c1cccc(I)c1. The number of benzene rings is 3. The van der Waals surface area contributed by atoms with E-state index in [9.17, 15) is 4.79 Å². The molecule has 0 unspecified atom stereocenters. The van der Waals surface area contributed by atoms with Crippen LogP contribution in [0.25, 0.3) is 22.6 Å². The van der Waals surface area contributed by atoms with Crippen LogP contribution in [-0.2, 0) is 0 Å². The van der Waals surface area contributed by atoms with Crippen molar-refractivity contribution < 1.29 is 13.9 Å². The number of aromatic nitrogens is 1. The minimum Gasteiger partial charge on any atom is -0.495 e. The van der Waals surface area contributed by atoms with Gasteiger partial charge in [-0.05, 0) is 96.1 Å². The number of hydrogen-bond donors (Lipinski definition) is 1. The molecule has 0 fully saturated rings. The lowest BCUT2D eigenvalue weighted by Gasteiger charge is -2.11. The Morgan fingerprint density at radius 1 is 1.07 bits per heavy atom. The van der Waals surface area contributed by atoms with Gasteiger partial charge in [-0.15, -0.1) is 0 Å². The lowest BCUT2D eigenvalue weighted by atomic mass is 10.1. The van der Waals surface area contributed by atoms with E-state index in [0.717, 1.165) is 31.4 Å². The van der Waals surface area contributed by atoms with Crippen LogP contribution >= 0.6 is 22.6 Å². The molecule has 0 bridgehead atoms. The predicted molar refractivity (Wildman–Crippen MR) is 123 cm³/mol. The largest absolute Gasteiger partial charge is 0.495 e. The molecule has 146 valence electrons. The summed E-state index contributed by atoms with van der Waals surface area (Å²) in [6.45, 7) is 4.09. The molecule has 0 saturated carbocycles. The van der Waals surface area contributed by atoms with Crippen LogP contribution < -0.4 is 10.1 Å². The number of nitrogens with zero attached hydrogens (tertiary/aromatic N) is 1. The van der Waals surface area contributed by atoms with Crippen molar-refractivity contribution >= 4 is 45.3 Å². The van der Waals surface area contributed by atoms with Gasteiger partial charge >= 0.3 is 0 Å². The van der Waals surface area contributed by atoms with Gasteiger partial charge in [0, 0.05) is 14.7 Å².